The van der Waals surface area contributed by atoms with Gasteiger partial charge in [0.2, 0.25) is 0 Å². The van der Waals surface area contributed by atoms with Crippen LogP contribution in [0.3, 0.4) is 0 Å². The van der Waals surface area contributed by atoms with Gasteiger partial charge in [-0.15, -0.1) is 12.8 Å². The number of terminal acetylenes is 2. The maximum absolute atomic E-state index is 12.6. The summed E-state index contributed by atoms with van der Waals surface area (Å²) in [5, 5.41) is 0. The molecule has 0 bridgehead atoms. The first-order chi connectivity index (χ1) is 12.1. The summed E-state index contributed by atoms with van der Waals surface area (Å²) in [6, 6.07) is 8.08. The van der Waals surface area contributed by atoms with E-state index in [4.69, 9.17) is 12.8 Å². The van der Waals surface area contributed by atoms with Crippen molar-refractivity contribution >= 4 is 11.1 Å². The van der Waals surface area contributed by atoms with Gasteiger partial charge in [0.15, 0.2) is 0 Å². The Morgan fingerprint density at radius 3 is 1.04 bits per heavy atom. The monoisotopic (exact) mass is 364 g/mol. The Balaban J connectivity index is 2.52. The van der Waals surface area contributed by atoms with Crippen molar-refractivity contribution in [3.8, 4) is 24.7 Å². The molecule has 0 spiro atoms. The number of halogens is 6. The summed E-state index contributed by atoms with van der Waals surface area (Å²) in [4.78, 5) is 0. The fraction of sp³-hybridized carbons (Fsp3) is 0.100. The van der Waals surface area contributed by atoms with Crippen LogP contribution in [0.25, 0.3) is 11.1 Å². The summed E-state index contributed by atoms with van der Waals surface area (Å²) >= 11 is 0. The van der Waals surface area contributed by atoms with Crippen LogP contribution in [0.4, 0.5) is 26.3 Å². The van der Waals surface area contributed by atoms with Gasteiger partial charge in [0.1, 0.15) is 0 Å². The molecule has 0 fully saturated rings. The molecule has 0 atom stereocenters. The number of benzene rings is 2. The van der Waals surface area contributed by atoms with Crippen molar-refractivity contribution < 1.29 is 26.3 Å². The topological polar surface area (TPSA) is 0 Å². The highest BCUT2D eigenvalue weighted by atomic mass is 19.4. The zero-order chi connectivity index (χ0) is 19.5. The van der Waals surface area contributed by atoms with Crippen LogP contribution < -0.4 is 0 Å². The normalized spacial score (nSPS) is 12.8. The largest absolute Gasteiger partial charge is 0.416 e. The fourth-order valence-corrected chi connectivity index (χ4v) is 2.25. The van der Waals surface area contributed by atoms with Crippen LogP contribution in [-0.2, 0) is 12.4 Å². The molecule has 0 aliphatic rings. The molecule has 0 saturated carbocycles. The Labute approximate surface area is 146 Å². The van der Waals surface area contributed by atoms with Gasteiger partial charge < -0.3 is 0 Å². The van der Waals surface area contributed by atoms with Crippen molar-refractivity contribution in [2.45, 2.75) is 12.4 Å². The van der Waals surface area contributed by atoms with Crippen molar-refractivity contribution in [2.75, 3.05) is 0 Å². The third-order valence-corrected chi connectivity index (χ3v) is 3.54. The molecule has 2 aromatic rings. The fourth-order valence-electron chi connectivity index (χ4n) is 2.25. The minimum Gasteiger partial charge on any atom is -0.166 e. The van der Waals surface area contributed by atoms with Crippen LogP contribution in [0, 0.1) is 24.7 Å². The second-order valence-electron chi connectivity index (χ2n) is 5.19. The SMILES string of the molecule is C#C/C(=C(/C#C)c1ccc(C(F)(F)F)cc1)c1ccc(C(F)(F)F)cc1. The Morgan fingerprint density at radius 1 is 0.577 bits per heavy atom. The van der Waals surface area contributed by atoms with E-state index in [2.05, 4.69) is 11.8 Å². The number of rotatable bonds is 2. The average Bonchev–Trinajstić information content (AvgIpc) is 2.58. The molecule has 0 nitrogen and oxygen atoms in total. The van der Waals surface area contributed by atoms with Crippen LogP contribution in [0.2, 0.25) is 0 Å². The minimum atomic E-state index is -4.50. The smallest absolute Gasteiger partial charge is 0.166 e. The van der Waals surface area contributed by atoms with Crippen LogP contribution in [0.15, 0.2) is 48.5 Å². The van der Waals surface area contributed by atoms with Gasteiger partial charge in [-0.1, -0.05) is 36.1 Å². The van der Waals surface area contributed by atoms with E-state index in [9.17, 15) is 26.3 Å². The van der Waals surface area contributed by atoms with E-state index in [0.717, 1.165) is 24.3 Å². The molecule has 0 aliphatic carbocycles. The molecule has 0 saturated heterocycles. The highest BCUT2D eigenvalue weighted by molar-refractivity contribution is 6.03. The van der Waals surface area contributed by atoms with E-state index in [1.165, 1.54) is 24.3 Å². The Bertz CT molecular complexity index is 818. The zero-order valence-corrected chi connectivity index (χ0v) is 13.0. The van der Waals surface area contributed by atoms with Gasteiger partial charge in [-0.3, -0.25) is 0 Å². The van der Waals surface area contributed by atoms with Gasteiger partial charge in [0, 0.05) is 11.1 Å². The Kier molecular flexibility index (Phi) is 5.18. The van der Waals surface area contributed by atoms with Crippen molar-refractivity contribution in [1.82, 2.24) is 0 Å². The molecule has 0 heterocycles. The molecule has 26 heavy (non-hydrogen) atoms. The van der Waals surface area contributed by atoms with Crippen LogP contribution in [0.5, 0.6) is 0 Å². The number of allylic oxidation sites excluding steroid dienone is 2. The van der Waals surface area contributed by atoms with Crippen molar-refractivity contribution in [3.05, 3.63) is 70.8 Å². The van der Waals surface area contributed by atoms with E-state index >= 15 is 0 Å². The van der Waals surface area contributed by atoms with Gasteiger partial charge in [0.25, 0.3) is 0 Å². The van der Waals surface area contributed by atoms with Gasteiger partial charge in [0.05, 0.1) is 11.1 Å². The molecule has 6 heteroatoms. The van der Waals surface area contributed by atoms with Crippen LogP contribution in [-0.4, -0.2) is 0 Å². The predicted molar refractivity (Wildman–Crippen MR) is 87.4 cm³/mol. The predicted octanol–water partition coefficient (Wildman–Crippen LogP) is 5.90. The molecule has 2 aromatic carbocycles. The Morgan fingerprint density at radius 2 is 0.846 bits per heavy atom. The quantitative estimate of drug-likeness (QED) is 0.354. The first-order valence-electron chi connectivity index (χ1n) is 7.10. The summed E-state index contributed by atoms with van der Waals surface area (Å²) in [5.41, 5.74) is -0.965. The summed E-state index contributed by atoms with van der Waals surface area (Å²) in [7, 11) is 0. The molecule has 0 radical (unpaired) electrons. The van der Waals surface area contributed by atoms with E-state index < -0.39 is 23.5 Å². The van der Waals surface area contributed by atoms with E-state index in [-0.39, 0.29) is 22.3 Å². The molecular formula is C20H10F6. The van der Waals surface area contributed by atoms with E-state index in [0.29, 0.717) is 0 Å². The average molecular weight is 364 g/mol. The molecule has 0 aromatic heterocycles. The maximum atomic E-state index is 12.6. The molecule has 132 valence electrons. The van der Waals surface area contributed by atoms with Crippen molar-refractivity contribution in [3.63, 3.8) is 0 Å². The lowest BCUT2D eigenvalue weighted by molar-refractivity contribution is -0.138. The third-order valence-electron chi connectivity index (χ3n) is 3.54. The standard InChI is InChI=1S/C20H10F6/c1-3-17(13-5-9-15(10-6-13)19(21,22)23)18(4-2)14-7-11-16(12-8-14)20(24,25)26/h1-2,5-12H/b18-17+. The lowest BCUT2D eigenvalue weighted by Crippen LogP contribution is -2.05. The number of hydrogen-bond donors (Lipinski definition) is 0. The van der Waals surface area contributed by atoms with Crippen molar-refractivity contribution in [2.24, 2.45) is 0 Å². The molecule has 0 amide bonds. The van der Waals surface area contributed by atoms with Gasteiger partial charge in [-0.2, -0.15) is 26.3 Å². The maximum Gasteiger partial charge on any atom is 0.416 e. The summed E-state index contributed by atoms with van der Waals surface area (Å²) < 4.78 is 75.9. The Hall–Kier alpha value is -3.12. The molecular weight excluding hydrogens is 354 g/mol. The first-order valence-corrected chi connectivity index (χ1v) is 7.10. The first kappa shape index (κ1) is 19.2. The van der Waals surface area contributed by atoms with Gasteiger partial charge >= 0.3 is 12.4 Å². The third kappa shape index (κ3) is 4.10. The zero-order valence-electron chi connectivity index (χ0n) is 13.0. The molecule has 0 aliphatic heterocycles. The van der Waals surface area contributed by atoms with Crippen molar-refractivity contribution in [1.29, 1.82) is 0 Å². The van der Waals surface area contributed by atoms with Crippen LogP contribution >= 0.6 is 0 Å². The highest BCUT2D eigenvalue weighted by Crippen LogP contribution is 2.33. The van der Waals surface area contributed by atoms with E-state index in [1.54, 1.807) is 0 Å². The van der Waals surface area contributed by atoms with Crippen LogP contribution in [0.1, 0.15) is 22.3 Å². The van der Waals surface area contributed by atoms with Gasteiger partial charge in [-0.25, -0.2) is 0 Å². The lowest BCUT2D eigenvalue weighted by Gasteiger charge is -2.11. The summed E-state index contributed by atoms with van der Waals surface area (Å²) in [5.74, 6) is 4.61. The summed E-state index contributed by atoms with van der Waals surface area (Å²) in [6.45, 7) is 0. The second kappa shape index (κ2) is 7.01. The van der Waals surface area contributed by atoms with E-state index in [1.807, 2.05) is 0 Å². The molecule has 0 unspecified atom stereocenters. The van der Waals surface area contributed by atoms with Gasteiger partial charge in [-0.05, 0) is 35.4 Å². The summed E-state index contributed by atoms with van der Waals surface area (Å²) in [6.07, 6.45) is 1.87. The number of hydrogen-bond acceptors (Lipinski definition) is 0. The molecule has 2 rings (SSSR count). The highest BCUT2D eigenvalue weighted by Gasteiger charge is 2.31. The minimum absolute atomic E-state index is 0.112. The molecule has 0 N–H and O–H groups in total. The lowest BCUT2D eigenvalue weighted by atomic mass is 9.94. The number of alkyl halides is 6. The second-order valence-corrected chi connectivity index (χ2v) is 5.19.